The van der Waals surface area contributed by atoms with Crippen molar-refractivity contribution in [2.24, 2.45) is 0 Å². The number of aromatic hydroxyl groups is 1. The Hall–Kier alpha value is -0.580. The maximum atomic E-state index is 9.52. The number of hydrogen-bond acceptors (Lipinski definition) is 3. The number of halogens is 1. The fourth-order valence-corrected chi connectivity index (χ4v) is 3.28. The highest BCUT2D eigenvalue weighted by molar-refractivity contribution is 9.10. The van der Waals surface area contributed by atoms with Gasteiger partial charge in [-0.2, -0.15) is 0 Å². The topological polar surface area (TPSA) is 26.7 Å². The van der Waals surface area contributed by atoms with E-state index in [1.165, 1.54) is 24.8 Å². The van der Waals surface area contributed by atoms with E-state index in [-0.39, 0.29) is 0 Å². The molecule has 106 valence electrons. The number of likely N-dealkylation sites (N-methyl/N-ethyl adjacent to an activating group) is 2. The van der Waals surface area contributed by atoms with Gasteiger partial charge in [0.25, 0.3) is 0 Å². The molecule has 0 spiro atoms. The summed E-state index contributed by atoms with van der Waals surface area (Å²) in [5.74, 6) is 0.301. The summed E-state index contributed by atoms with van der Waals surface area (Å²) >= 11 is 3.37. The lowest BCUT2D eigenvalue weighted by molar-refractivity contribution is 0.0259. The van der Waals surface area contributed by atoms with Gasteiger partial charge >= 0.3 is 0 Å². The van der Waals surface area contributed by atoms with Crippen molar-refractivity contribution in [1.82, 2.24) is 9.80 Å². The van der Waals surface area contributed by atoms with Gasteiger partial charge < -0.3 is 14.9 Å². The van der Waals surface area contributed by atoms with Crippen molar-refractivity contribution in [2.75, 3.05) is 27.7 Å². The van der Waals surface area contributed by atoms with Crippen LogP contribution in [0.5, 0.6) is 5.75 Å². The molecule has 3 nitrogen and oxygen atoms in total. The Morgan fingerprint density at radius 2 is 1.95 bits per heavy atom. The van der Waals surface area contributed by atoms with E-state index in [9.17, 15) is 5.11 Å². The highest BCUT2D eigenvalue weighted by atomic mass is 79.9. The Balaban J connectivity index is 1.97. The van der Waals surface area contributed by atoms with Crippen molar-refractivity contribution >= 4 is 15.9 Å². The highest BCUT2D eigenvalue weighted by Crippen LogP contribution is 2.37. The van der Waals surface area contributed by atoms with Gasteiger partial charge in [0.1, 0.15) is 5.75 Å². The van der Waals surface area contributed by atoms with Gasteiger partial charge in [-0.15, -0.1) is 0 Å². The molecule has 1 aliphatic rings. The lowest BCUT2D eigenvalue weighted by Gasteiger charge is -2.49. The standard InChI is InChI=1S/C15H23BrN2O/c1-17(2)15(7-4-8-15)11-18(3)10-12-5-6-14(19)13(16)9-12/h5-6,9,19H,4,7-8,10-11H2,1-3H3. The normalized spacial score (nSPS) is 17.8. The lowest BCUT2D eigenvalue weighted by atomic mass is 9.75. The fraction of sp³-hybridized carbons (Fsp3) is 0.600. The average Bonchev–Trinajstić information content (AvgIpc) is 2.28. The smallest absolute Gasteiger partial charge is 0.129 e. The van der Waals surface area contributed by atoms with Crippen LogP contribution in [0, 0.1) is 0 Å². The molecular formula is C15H23BrN2O. The molecule has 1 aromatic rings. The molecule has 0 radical (unpaired) electrons. The molecule has 1 saturated carbocycles. The first-order valence-electron chi connectivity index (χ1n) is 6.76. The third kappa shape index (κ3) is 3.30. The first-order valence-corrected chi connectivity index (χ1v) is 7.56. The summed E-state index contributed by atoms with van der Waals surface area (Å²) in [6.07, 6.45) is 3.93. The van der Waals surface area contributed by atoms with Crippen molar-refractivity contribution in [1.29, 1.82) is 0 Å². The van der Waals surface area contributed by atoms with Gasteiger partial charge in [-0.3, -0.25) is 0 Å². The zero-order valence-corrected chi connectivity index (χ0v) is 13.6. The zero-order valence-electron chi connectivity index (χ0n) is 12.0. The second-order valence-electron chi connectivity index (χ2n) is 5.93. The van der Waals surface area contributed by atoms with Gasteiger partial charge in [-0.25, -0.2) is 0 Å². The van der Waals surface area contributed by atoms with E-state index in [0.29, 0.717) is 11.3 Å². The number of rotatable bonds is 5. The molecule has 0 saturated heterocycles. The van der Waals surface area contributed by atoms with Crippen LogP contribution in [0.2, 0.25) is 0 Å². The molecule has 1 fully saturated rings. The Bertz CT molecular complexity index is 444. The number of phenolic OH excluding ortho intramolecular Hbond substituents is 1. The van der Waals surface area contributed by atoms with Crippen LogP contribution in [0.3, 0.4) is 0 Å². The number of nitrogens with zero attached hydrogens (tertiary/aromatic N) is 2. The minimum atomic E-state index is 0.301. The van der Waals surface area contributed by atoms with E-state index in [1.54, 1.807) is 6.07 Å². The Morgan fingerprint density at radius 3 is 2.42 bits per heavy atom. The summed E-state index contributed by atoms with van der Waals surface area (Å²) in [5, 5.41) is 9.52. The van der Waals surface area contributed by atoms with E-state index in [1.807, 2.05) is 12.1 Å². The molecular weight excluding hydrogens is 304 g/mol. The van der Waals surface area contributed by atoms with E-state index in [4.69, 9.17) is 0 Å². The summed E-state index contributed by atoms with van der Waals surface area (Å²) in [5.41, 5.74) is 1.59. The minimum absolute atomic E-state index is 0.301. The molecule has 0 bridgehead atoms. The van der Waals surface area contributed by atoms with Crippen LogP contribution in [-0.2, 0) is 6.54 Å². The van der Waals surface area contributed by atoms with Gasteiger partial charge in [0, 0.05) is 18.6 Å². The molecule has 0 atom stereocenters. The molecule has 0 unspecified atom stereocenters. The molecule has 0 amide bonds. The number of phenols is 1. The molecule has 19 heavy (non-hydrogen) atoms. The maximum absolute atomic E-state index is 9.52. The van der Waals surface area contributed by atoms with Gasteiger partial charge in [0.15, 0.2) is 0 Å². The van der Waals surface area contributed by atoms with Gasteiger partial charge in [0.05, 0.1) is 4.47 Å². The van der Waals surface area contributed by atoms with Crippen molar-refractivity contribution in [3.05, 3.63) is 28.2 Å². The monoisotopic (exact) mass is 326 g/mol. The Kier molecular flexibility index (Phi) is 4.54. The predicted molar refractivity (Wildman–Crippen MR) is 82.4 cm³/mol. The summed E-state index contributed by atoms with van der Waals surface area (Å²) in [7, 11) is 6.54. The van der Waals surface area contributed by atoms with Gasteiger partial charge in [-0.05, 0) is 74.0 Å². The molecule has 1 aliphatic carbocycles. The molecule has 1 N–H and O–H groups in total. The van der Waals surface area contributed by atoms with E-state index < -0.39 is 0 Å². The third-order valence-electron chi connectivity index (χ3n) is 4.26. The molecule has 0 aromatic heterocycles. The number of benzene rings is 1. The summed E-state index contributed by atoms with van der Waals surface area (Å²) in [4.78, 5) is 4.75. The molecule has 2 rings (SSSR count). The second kappa shape index (κ2) is 5.81. The molecule has 4 heteroatoms. The van der Waals surface area contributed by atoms with Crippen LogP contribution >= 0.6 is 15.9 Å². The van der Waals surface area contributed by atoms with Gasteiger partial charge in [-0.1, -0.05) is 6.07 Å². The third-order valence-corrected chi connectivity index (χ3v) is 4.90. The van der Waals surface area contributed by atoms with Crippen LogP contribution in [0.1, 0.15) is 24.8 Å². The van der Waals surface area contributed by atoms with Crippen molar-refractivity contribution < 1.29 is 5.11 Å². The molecule has 0 heterocycles. The van der Waals surface area contributed by atoms with Gasteiger partial charge in [0.2, 0.25) is 0 Å². The quantitative estimate of drug-likeness (QED) is 0.900. The van der Waals surface area contributed by atoms with Crippen LogP contribution in [-0.4, -0.2) is 48.1 Å². The second-order valence-corrected chi connectivity index (χ2v) is 6.78. The SMILES string of the molecule is CN(Cc1ccc(O)c(Br)c1)CC1(N(C)C)CCC1. The summed E-state index contributed by atoms with van der Waals surface area (Å²) in [6.45, 7) is 2.01. The van der Waals surface area contributed by atoms with Crippen LogP contribution in [0.4, 0.5) is 0 Å². The first kappa shape index (κ1) is 14.8. The lowest BCUT2D eigenvalue weighted by Crippen LogP contribution is -2.56. The number of hydrogen-bond donors (Lipinski definition) is 1. The minimum Gasteiger partial charge on any atom is -0.507 e. The van der Waals surface area contributed by atoms with Crippen molar-refractivity contribution in [3.63, 3.8) is 0 Å². The van der Waals surface area contributed by atoms with E-state index >= 15 is 0 Å². The summed E-state index contributed by atoms with van der Waals surface area (Å²) < 4.78 is 0.768. The van der Waals surface area contributed by atoms with Crippen molar-refractivity contribution in [2.45, 2.75) is 31.3 Å². The van der Waals surface area contributed by atoms with E-state index in [0.717, 1.165) is 17.6 Å². The first-order chi connectivity index (χ1) is 8.93. The average molecular weight is 327 g/mol. The highest BCUT2D eigenvalue weighted by Gasteiger charge is 2.39. The Morgan fingerprint density at radius 1 is 1.26 bits per heavy atom. The largest absolute Gasteiger partial charge is 0.507 e. The Labute approximate surface area is 124 Å². The summed E-state index contributed by atoms with van der Waals surface area (Å²) in [6, 6.07) is 5.73. The zero-order chi connectivity index (χ0) is 14.0. The van der Waals surface area contributed by atoms with Crippen LogP contribution < -0.4 is 0 Å². The van der Waals surface area contributed by atoms with E-state index in [2.05, 4.69) is 46.9 Å². The molecule has 0 aliphatic heterocycles. The predicted octanol–water partition coefficient (Wildman–Crippen LogP) is 3.07. The maximum Gasteiger partial charge on any atom is 0.129 e. The fourth-order valence-electron chi connectivity index (χ4n) is 2.85. The van der Waals surface area contributed by atoms with Crippen LogP contribution in [0.25, 0.3) is 0 Å². The van der Waals surface area contributed by atoms with Crippen LogP contribution in [0.15, 0.2) is 22.7 Å². The van der Waals surface area contributed by atoms with Crippen molar-refractivity contribution in [3.8, 4) is 5.75 Å². The molecule has 1 aromatic carbocycles.